The maximum atomic E-state index is 12.6. The van der Waals surface area contributed by atoms with E-state index in [-0.39, 0.29) is 93.1 Å². The van der Waals surface area contributed by atoms with E-state index in [0.717, 1.165) is 46.8 Å². The van der Waals surface area contributed by atoms with E-state index in [2.05, 4.69) is 64.6 Å². The van der Waals surface area contributed by atoms with Gasteiger partial charge in [-0.05, 0) is 50.4 Å². The quantitative estimate of drug-likeness (QED) is 0.0185. The molecule has 0 aliphatic rings. The Balaban J connectivity index is 0.000000373. The van der Waals surface area contributed by atoms with Crippen LogP contribution in [-0.2, 0) is 54.8 Å². The number of thiol groups is 1. The number of H-pyrrole nitrogens is 2. The molecule has 4 heterocycles. The van der Waals surface area contributed by atoms with E-state index in [9.17, 15) is 38.3 Å². The average molecular weight is 1160 g/mol. The number of carbonyl (C=O) groups is 4. The number of imidazole rings is 2. The summed E-state index contributed by atoms with van der Waals surface area (Å²) in [7, 11) is 10.1. The van der Waals surface area contributed by atoms with Crippen LogP contribution < -0.4 is 43.0 Å². The zero-order valence-electron chi connectivity index (χ0n) is 46.7. The molecular formula is C51H73FN14O12S2. The van der Waals surface area contributed by atoms with Crippen LogP contribution >= 0.6 is 24.4 Å². The van der Waals surface area contributed by atoms with E-state index in [0.29, 0.717) is 41.3 Å². The van der Waals surface area contributed by atoms with E-state index < -0.39 is 36.6 Å². The molecule has 0 bridgehead atoms. The number of aliphatic carboxylic acids is 2. The molecule has 6 rings (SSSR count). The Morgan fingerprint density at radius 2 is 1.18 bits per heavy atom. The van der Waals surface area contributed by atoms with Crippen molar-refractivity contribution < 1.29 is 54.1 Å². The molecule has 0 radical (unpaired) electrons. The van der Waals surface area contributed by atoms with Crippen LogP contribution in [0.4, 0.5) is 16.0 Å². The fraction of sp³-hybridized carbons (Fsp3) is 0.451. The largest absolute Gasteiger partial charge is 0.481 e. The lowest BCUT2D eigenvalue weighted by Crippen LogP contribution is -2.29. The van der Waals surface area contributed by atoms with Gasteiger partial charge in [-0.3, -0.25) is 27.9 Å². The van der Waals surface area contributed by atoms with Crippen LogP contribution in [0.3, 0.4) is 0 Å². The summed E-state index contributed by atoms with van der Waals surface area (Å²) in [4.78, 5) is 97.7. The summed E-state index contributed by atoms with van der Waals surface area (Å²) in [5.41, 5.74) is 15.5. The van der Waals surface area contributed by atoms with Gasteiger partial charge < -0.3 is 71.0 Å². The van der Waals surface area contributed by atoms with Crippen molar-refractivity contribution in [2.45, 2.75) is 39.0 Å². The number of amides is 2. The summed E-state index contributed by atoms with van der Waals surface area (Å²) in [6.45, 7) is 7.36. The number of nitrogens with zero attached hydrogens (tertiary/aromatic N) is 8. The van der Waals surface area contributed by atoms with E-state index in [1.54, 1.807) is 26.4 Å². The number of carboxylic acids is 2. The molecule has 0 aliphatic heterocycles. The highest BCUT2D eigenvalue weighted by atomic mass is 32.2. The first-order chi connectivity index (χ1) is 38.6. The number of halogens is 1. The highest BCUT2D eigenvalue weighted by Crippen LogP contribution is 2.21. The maximum Gasteiger partial charge on any atom is 0.331 e. The number of ether oxygens (including phenoxy) is 4. The molecule has 10 N–H and O–H groups in total. The smallest absolute Gasteiger partial charge is 0.331 e. The molecule has 6 aromatic rings. The topological polar surface area (TPSA) is 355 Å². The number of alkyl halides is 1. The van der Waals surface area contributed by atoms with Gasteiger partial charge >= 0.3 is 35.3 Å². The number of carboxylic acid groups (broad SMARTS) is 2. The van der Waals surface area contributed by atoms with Gasteiger partial charge in [0.15, 0.2) is 22.9 Å². The second kappa shape index (κ2) is 35.1. The minimum absolute atomic E-state index is 0.0430. The van der Waals surface area contributed by atoms with E-state index in [1.165, 1.54) is 20.9 Å². The fourth-order valence-corrected chi connectivity index (χ4v) is 8.33. The van der Waals surface area contributed by atoms with Gasteiger partial charge in [0.25, 0.3) is 0 Å². The van der Waals surface area contributed by atoms with E-state index in [1.807, 2.05) is 69.5 Å². The molecule has 0 saturated heterocycles. The maximum absolute atomic E-state index is 12.6. The number of hydrogen-bond donors (Lipinski definition) is 9. The number of thioether (sulfide) groups is 1. The number of aromatic amines is 2. The number of nitrogen functional groups attached to an aromatic ring is 2. The number of rotatable bonds is 29. The standard InChI is InChI=1S/C25H35N7O6S.C21H24N6O6.C4H11NS.CH3F/c1-31(2)8-11-39-15-18(23(34)35)12-19(33)27-13-16-4-6-17(7-5-16)14-32-22-20(28-25(32)36)21(26)29-24(30-22)38-10-9-37-3;1-12(19(29)30)9-15(28)23-10-13-3-5-14(6-4-13)11-27-18-16(24-21(27)31)17(22)25-20(26-18)33-8-7-32-2;1-5(2)3-4-6;1-2/h4-7,18H,8-15H2,1-3H3,(H,27,33)(H,28,36)(H,34,35)(H2,26,29,30);3-6H,1,7-11H2,2H3,(H,23,28)(H,24,31)(H,29,30)(H2,22,25,26);6H,3-4H2,1-2H3;1H3/i;;;1D. The van der Waals surface area contributed by atoms with Crippen LogP contribution in [-0.4, -0.2) is 189 Å². The Bertz CT molecular complexity index is 3070. The SMILES string of the molecule is C=C(CC(=O)NCc1ccc(Cn2c(=O)[nH]c3c(N)nc(OCCOC)nc32)cc1)C(=O)O.CN(C)CCS.COCCOc1nc(N)c2[nH]c(=O)n(Cc3ccc(CNC(=O)CC(CSCCN(C)C)C(=O)O)cc3)c2n1.[2H]CF. The molecule has 438 valence electrons. The van der Waals surface area contributed by atoms with Crippen LogP contribution in [0.15, 0.2) is 70.3 Å². The molecular weight excluding hydrogens is 1080 g/mol. The lowest BCUT2D eigenvalue weighted by Gasteiger charge is -2.14. The lowest BCUT2D eigenvalue weighted by atomic mass is 10.1. The van der Waals surface area contributed by atoms with E-state index in [4.69, 9.17) is 36.9 Å². The molecule has 2 aromatic carbocycles. The van der Waals surface area contributed by atoms with Crippen molar-refractivity contribution in [2.75, 3.05) is 118 Å². The number of methoxy groups -OCH3 is 2. The predicted molar refractivity (Wildman–Crippen MR) is 307 cm³/mol. The van der Waals surface area contributed by atoms with Gasteiger partial charge in [-0.15, -0.1) is 0 Å². The van der Waals surface area contributed by atoms with Crippen LogP contribution in [0.1, 0.15) is 36.5 Å². The van der Waals surface area contributed by atoms with Crippen LogP contribution in [0.2, 0.25) is 0 Å². The first-order valence-electron chi connectivity index (χ1n) is 25.3. The molecule has 2 amide bonds. The van der Waals surface area contributed by atoms with Crippen LogP contribution in [0.25, 0.3) is 22.3 Å². The number of hydrogen-bond acceptors (Lipinski definition) is 20. The Hall–Kier alpha value is -7.57. The lowest BCUT2D eigenvalue weighted by molar-refractivity contribution is -0.143. The summed E-state index contributed by atoms with van der Waals surface area (Å²) in [6, 6.07) is 14.7. The molecule has 0 spiro atoms. The average Bonchev–Trinajstić information content (AvgIpc) is 3.95. The zero-order valence-corrected chi connectivity index (χ0v) is 47.4. The highest BCUT2D eigenvalue weighted by molar-refractivity contribution is 7.99. The number of anilines is 2. The van der Waals surface area contributed by atoms with Gasteiger partial charge in [-0.2, -0.15) is 44.3 Å². The Morgan fingerprint density at radius 3 is 1.55 bits per heavy atom. The number of aromatic nitrogens is 8. The molecule has 4 aromatic heterocycles. The second-order valence-electron chi connectivity index (χ2n) is 17.8. The summed E-state index contributed by atoms with van der Waals surface area (Å²) < 4.78 is 39.1. The fourth-order valence-electron chi connectivity index (χ4n) is 6.73. The molecule has 29 heteroatoms. The normalized spacial score (nSPS) is 11.3. The van der Waals surface area contributed by atoms with Crippen LogP contribution in [0.5, 0.6) is 12.0 Å². The van der Waals surface area contributed by atoms with Gasteiger partial charge in [-0.25, -0.2) is 14.4 Å². The van der Waals surface area contributed by atoms with Crippen molar-refractivity contribution in [3.05, 3.63) is 104 Å². The third kappa shape index (κ3) is 22.7. The molecule has 0 saturated carbocycles. The highest BCUT2D eigenvalue weighted by Gasteiger charge is 2.22. The minimum Gasteiger partial charge on any atom is -0.481 e. The van der Waals surface area contributed by atoms with Gasteiger partial charge in [0, 0.05) is 69.7 Å². The monoisotopic (exact) mass is 1160 g/mol. The Kier molecular flexibility index (Phi) is 28.5. The van der Waals surface area contributed by atoms with Crippen molar-refractivity contribution in [2.24, 2.45) is 5.92 Å². The molecule has 0 fully saturated rings. The molecule has 26 nitrogen and oxygen atoms in total. The molecule has 80 heavy (non-hydrogen) atoms. The van der Waals surface area contributed by atoms with Gasteiger partial charge in [0.1, 0.15) is 24.2 Å². The van der Waals surface area contributed by atoms with Gasteiger partial charge in [0.05, 0.1) is 47.2 Å². The van der Waals surface area contributed by atoms with E-state index >= 15 is 0 Å². The Labute approximate surface area is 472 Å². The molecule has 0 aliphatic carbocycles. The molecule has 1 unspecified atom stereocenters. The summed E-state index contributed by atoms with van der Waals surface area (Å²) in [5, 5.41) is 23.7. The number of carbonyl (C=O) groups excluding carboxylic acids is 2. The first-order valence-corrected chi connectivity index (χ1v) is 26.3. The van der Waals surface area contributed by atoms with Gasteiger partial charge in [0.2, 0.25) is 11.8 Å². The van der Waals surface area contributed by atoms with Crippen molar-refractivity contribution >= 4 is 82.1 Å². The summed E-state index contributed by atoms with van der Waals surface area (Å²) in [6.07, 6.45) is -0.354. The minimum atomic E-state index is -1.21. The van der Waals surface area contributed by atoms with Gasteiger partial charge in [-0.1, -0.05) is 55.1 Å². The summed E-state index contributed by atoms with van der Waals surface area (Å²) in [5.74, 6) is -1.32. The predicted octanol–water partition coefficient (Wildman–Crippen LogP) is 2.26. The van der Waals surface area contributed by atoms with Crippen molar-refractivity contribution in [1.29, 1.82) is 0 Å². The van der Waals surface area contributed by atoms with Crippen LogP contribution in [0, 0.1) is 5.92 Å². The second-order valence-corrected chi connectivity index (χ2v) is 19.4. The van der Waals surface area contributed by atoms with Crippen molar-refractivity contribution in [3.63, 3.8) is 0 Å². The number of fused-ring (bicyclic) bond motifs is 2. The third-order valence-corrected chi connectivity index (χ3v) is 12.3. The summed E-state index contributed by atoms with van der Waals surface area (Å²) >= 11 is 5.55. The first kappa shape index (κ1) is 65.0. The Morgan fingerprint density at radius 1 is 0.750 bits per heavy atom. The number of nitrogens with two attached hydrogens (primary N) is 2. The van der Waals surface area contributed by atoms with Crippen molar-refractivity contribution in [3.8, 4) is 12.0 Å². The number of benzene rings is 2. The zero-order chi connectivity index (χ0) is 60.0. The molecule has 1 atom stereocenters. The third-order valence-electron chi connectivity index (χ3n) is 11.0. The van der Waals surface area contributed by atoms with Crippen molar-refractivity contribution in [1.82, 2.24) is 59.5 Å². The number of nitrogens with one attached hydrogen (secondary N) is 4.